The molecule has 0 bridgehead atoms. The van der Waals surface area contributed by atoms with E-state index in [1.807, 2.05) is 0 Å². The number of carbonyl (C=O) groups is 1. The molecule has 5 nitrogen and oxygen atoms in total. The predicted molar refractivity (Wildman–Crippen MR) is 107 cm³/mol. The first kappa shape index (κ1) is 23.5. The number of hydrogen-bond donors (Lipinski definition) is 2. The predicted octanol–water partition coefficient (Wildman–Crippen LogP) is 3.62. The lowest BCUT2D eigenvalue weighted by molar-refractivity contribution is -0.132. The summed E-state index contributed by atoms with van der Waals surface area (Å²) in [5.74, 6) is -5.43. The first-order chi connectivity index (χ1) is 15.2. The molecule has 1 aliphatic rings. The Labute approximate surface area is 181 Å². The number of likely N-dealkylation sites (tertiary alicyclic amines) is 1. The van der Waals surface area contributed by atoms with Gasteiger partial charge in [0.2, 0.25) is 5.91 Å². The third-order valence-electron chi connectivity index (χ3n) is 5.38. The van der Waals surface area contributed by atoms with E-state index in [0.29, 0.717) is 38.1 Å². The maximum absolute atomic E-state index is 13.8. The minimum absolute atomic E-state index is 0.0605. The highest BCUT2D eigenvalue weighted by Crippen LogP contribution is 2.24. The molecule has 2 aromatic rings. The van der Waals surface area contributed by atoms with Crippen LogP contribution in [0.5, 0.6) is 0 Å². The Morgan fingerprint density at radius 1 is 1.06 bits per heavy atom. The molecule has 0 spiro atoms. The molecule has 1 fully saturated rings. The lowest BCUT2D eigenvalue weighted by Gasteiger charge is -2.33. The van der Waals surface area contributed by atoms with Crippen molar-refractivity contribution >= 4 is 11.6 Å². The molecule has 0 saturated carbocycles. The fourth-order valence-electron chi connectivity index (χ4n) is 3.72. The van der Waals surface area contributed by atoms with Crippen molar-refractivity contribution in [2.75, 3.05) is 18.4 Å². The molecule has 1 amide bonds. The molecular weight excluding hydrogens is 431 g/mol. The van der Waals surface area contributed by atoms with Gasteiger partial charge in [-0.05, 0) is 37.0 Å². The molecule has 0 aromatic heterocycles. The topological polar surface area (TPSA) is 82.2 Å². The lowest BCUT2D eigenvalue weighted by Crippen LogP contribution is -2.44. The van der Waals surface area contributed by atoms with Crippen LogP contribution >= 0.6 is 0 Å². The third-order valence-corrected chi connectivity index (χ3v) is 5.38. The van der Waals surface area contributed by atoms with Gasteiger partial charge < -0.3 is 16.0 Å². The van der Waals surface area contributed by atoms with Crippen molar-refractivity contribution in [2.24, 2.45) is 5.73 Å². The third kappa shape index (κ3) is 5.53. The summed E-state index contributed by atoms with van der Waals surface area (Å²) in [6.07, 6.45) is 0.711. The number of amides is 1. The Hall–Kier alpha value is -3.19. The van der Waals surface area contributed by atoms with Gasteiger partial charge in [0.05, 0.1) is 5.69 Å². The number of benzene rings is 2. The normalized spacial score (nSPS) is 15.3. The van der Waals surface area contributed by atoms with Crippen LogP contribution < -0.4 is 11.1 Å². The number of nitriles is 1. The van der Waals surface area contributed by atoms with Crippen molar-refractivity contribution < 1.29 is 26.7 Å². The zero-order valence-corrected chi connectivity index (χ0v) is 17.0. The average Bonchev–Trinajstić information content (AvgIpc) is 2.72. The summed E-state index contributed by atoms with van der Waals surface area (Å²) >= 11 is 0. The van der Waals surface area contributed by atoms with Crippen LogP contribution in [0.2, 0.25) is 0 Å². The number of carbonyl (C=O) groups excluding carboxylic acids is 1. The van der Waals surface area contributed by atoms with E-state index in [2.05, 4.69) is 5.32 Å². The van der Waals surface area contributed by atoms with Crippen molar-refractivity contribution in [2.45, 2.75) is 37.8 Å². The Morgan fingerprint density at radius 2 is 1.72 bits per heavy atom. The second-order valence-corrected chi connectivity index (χ2v) is 7.75. The SMILES string of the molecule is N#Cc1c(F)cc(F)cc1NC1CCN(C(=O)CC(N)Cc2cc(F)c(F)cc2F)CC1. The second-order valence-electron chi connectivity index (χ2n) is 7.75. The standard InChI is InChI=1S/C22H21F5N4O/c23-13-7-18(25)16(11-28)21(8-13)30-15-1-3-31(4-2-15)22(32)9-14(29)5-12-6-19(26)20(27)10-17(12)24/h6-8,10,14-15,30H,1-5,9,29H2. The van der Waals surface area contributed by atoms with Crippen molar-refractivity contribution in [1.82, 2.24) is 4.90 Å². The van der Waals surface area contributed by atoms with Crippen molar-refractivity contribution in [3.8, 4) is 6.07 Å². The molecule has 1 saturated heterocycles. The van der Waals surface area contributed by atoms with E-state index in [1.54, 1.807) is 11.0 Å². The molecule has 170 valence electrons. The molecule has 1 aliphatic heterocycles. The van der Waals surface area contributed by atoms with Crippen LogP contribution in [-0.2, 0) is 11.2 Å². The largest absolute Gasteiger partial charge is 0.381 e. The molecule has 2 aromatic carbocycles. The number of hydrogen-bond acceptors (Lipinski definition) is 4. The summed E-state index contributed by atoms with van der Waals surface area (Å²) in [5, 5.41) is 12.0. The second kappa shape index (κ2) is 9.96. The minimum Gasteiger partial charge on any atom is -0.381 e. The molecule has 0 aliphatic carbocycles. The number of rotatable bonds is 6. The summed E-state index contributed by atoms with van der Waals surface area (Å²) < 4.78 is 67.4. The maximum Gasteiger partial charge on any atom is 0.224 e. The maximum atomic E-state index is 13.8. The molecule has 3 rings (SSSR count). The molecular formula is C22H21F5N4O. The van der Waals surface area contributed by atoms with E-state index in [4.69, 9.17) is 11.0 Å². The molecule has 32 heavy (non-hydrogen) atoms. The lowest BCUT2D eigenvalue weighted by atomic mass is 10.0. The van der Waals surface area contributed by atoms with Crippen LogP contribution in [0.3, 0.4) is 0 Å². The van der Waals surface area contributed by atoms with Crippen LogP contribution in [0.1, 0.15) is 30.4 Å². The van der Waals surface area contributed by atoms with Gasteiger partial charge >= 0.3 is 0 Å². The smallest absolute Gasteiger partial charge is 0.224 e. The van der Waals surface area contributed by atoms with Gasteiger partial charge in [-0.15, -0.1) is 0 Å². The van der Waals surface area contributed by atoms with Crippen LogP contribution in [0.15, 0.2) is 24.3 Å². The molecule has 3 N–H and O–H groups in total. The highest BCUT2D eigenvalue weighted by Gasteiger charge is 2.25. The summed E-state index contributed by atoms with van der Waals surface area (Å²) in [5.41, 5.74) is 5.59. The fourth-order valence-corrected chi connectivity index (χ4v) is 3.72. The molecule has 0 radical (unpaired) electrons. The highest BCUT2D eigenvalue weighted by atomic mass is 19.2. The van der Waals surface area contributed by atoms with Gasteiger partial charge in [-0.25, -0.2) is 22.0 Å². The van der Waals surface area contributed by atoms with Gasteiger partial charge in [0.25, 0.3) is 0 Å². The van der Waals surface area contributed by atoms with E-state index < -0.39 is 35.1 Å². The number of nitrogens with zero attached hydrogens (tertiary/aromatic N) is 2. The van der Waals surface area contributed by atoms with E-state index in [9.17, 15) is 26.7 Å². The van der Waals surface area contributed by atoms with Crippen molar-refractivity contribution in [3.63, 3.8) is 0 Å². The monoisotopic (exact) mass is 452 g/mol. The summed E-state index contributed by atoms with van der Waals surface area (Å²) in [6.45, 7) is 0.699. The molecule has 1 unspecified atom stereocenters. The van der Waals surface area contributed by atoms with Crippen molar-refractivity contribution in [3.05, 3.63) is 64.5 Å². The van der Waals surface area contributed by atoms with Gasteiger partial charge in [0, 0.05) is 43.7 Å². The van der Waals surface area contributed by atoms with Crippen LogP contribution in [-0.4, -0.2) is 36.0 Å². The van der Waals surface area contributed by atoms with Gasteiger partial charge in [0.15, 0.2) is 11.6 Å². The summed E-state index contributed by atoms with van der Waals surface area (Å²) in [7, 11) is 0. The van der Waals surface area contributed by atoms with Crippen molar-refractivity contribution in [1.29, 1.82) is 5.26 Å². The van der Waals surface area contributed by atoms with Gasteiger partial charge in [-0.1, -0.05) is 0 Å². The Morgan fingerprint density at radius 3 is 2.38 bits per heavy atom. The van der Waals surface area contributed by atoms with E-state index in [-0.39, 0.29) is 41.6 Å². The number of nitrogens with one attached hydrogen (secondary N) is 1. The van der Waals surface area contributed by atoms with Gasteiger partial charge in [-0.3, -0.25) is 4.79 Å². The number of halogens is 5. The molecule has 1 atom stereocenters. The Bertz CT molecular complexity index is 1050. The van der Waals surface area contributed by atoms with E-state index in [0.717, 1.165) is 12.1 Å². The highest BCUT2D eigenvalue weighted by molar-refractivity contribution is 5.77. The summed E-state index contributed by atoms with van der Waals surface area (Å²) in [4.78, 5) is 14.1. The Balaban J connectivity index is 1.53. The molecule has 10 heteroatoms. The summed E-state index contributed by atoms with van der Waals surface area (Å²) in [6, 6.07) is 3.59. The zero-order valence-electron chi connectivity index (χ0n) is 17.0. The van der Waals surface area contributed by atoms with Crippen LogP contribution in [0.4, 0.5) is 27.6 Å². The Kier molecular flexibility index (Phi) is 7.30. The quantitative estimate of drug-likeness (QED) is 0.518. The van der Waals surface area contributed by atoms with Gasteiger partial charge in [0.1, 0.15) is 29.1 Å². The van der Waals surface area contributed by atoms with Crippen LogP contribution in [0.25, 0.3) is 0 Å². The fraction of sp³-hybridized carbons (Fsp3) is 0.364. The zero-order chi connectivity index (χ0) is 23.4. The van der Waals surface area contributed by atoms with E-state index >= 15 is 0 Å². The first-order valence-corrected chi connectivity index (χ1v) is 10.0. The minimum atomic E-state index is -1.30. The number of nitrogens with two attached hydrogens (primary N) is 1. The number of piperidine rings is 1. The molecule has 1 heterocycles. The van der Waals surface area contributed by atoms with E-state index in [1.165, 1.54) is 0 Å². The van der Waals surface area contributed by atoms with Crippen LogP contribution in [0, 0.1) is 40.4 Å². The first-order valence-electron chi connectivity index (χ1n) is 10.0. The van der Waals surface area contributed by atoms with Gasteiger partial charge in [-0.2, -0.15) is 5.26 Å². The number of anilines is 1. The average molecular weight is 452 g/mol.